The zero-order valence-corrected chi connectivity index (χ0v) is 12.4. The number of hydrogen-bond donors (Lipinski definition) is 1. The lowest BCUT2D eigenvalue weighted by atomic mass is 10.0. The van der Waals surface area contributed by atoms with Crippen molar-refractivity contribution in [2.45, 2.75) is 50.1 Å². The second kappa shape index (κ2) is 5.61. The van der Waals surface area contributed by atoms with Crippen molar-refractivity contribution in [1.82, 2.24) is 4.31 Å². The Balaban J connectivity index is 2.31. The minimum atomic E-state index is -3.39. The van der Waals surface area contributed by atoms with Crippen LogP contribution in [-0.2, 0) is 16.4 Å². The molecule has 1 heterocycles. The van der Waals surface area contributed by atoms with Crippen LogP contribution in [-0.4, -0.2) is 31.4 Å². The molecule has 2 N–H and O–H groups in total. The molecular weight excluding hydrogens is 260 g/mol. The molecule has 1 saturated heterocycles. The Morgan fingerprint density at radius 3 is 2.79 bits per heavy atom. The van der Waals surface area contributed by atoms with E-state index in [0.717, 1.165) is 24.8 Å². The smallest absolute Gasteiger partial charge is 0.243 e. The summed E-state index contributed by atoms with van der Waals surface area (Å²) in [6.45, 7) is 4.47. The van der Waals surface area contributed by atoms with Crippen LogP contribution >= 0.6 is 0 Å². The highest BCUT2D eigenvalue weighted by molar-refractivity contribution is 7.89. The predicted molar refractivity (Wildman–Crippen MR) is 76.4 cm³/mol. The van der Waals surface area contributed by atoms with Gasteiger partial charge in [0.15, 0.2) is 0 Å². The highest BCUT2D eigenvalue weighted by atomic mass is 32.2. The lowest BCUT2D eigenvalue weighted by molar-refractivity contribution is 0.247. The topological polar surface area (TPSA) is 63.4 Å². The van der Waals surface area contributed by atoms with Crippen molar-refractivity contribution in [3.8, 4) is 0 Å². The Kier molecular flexibility index (Phi) is 4.28. The number of nitrogens with two attached hydrogens (primary N) is 1. The molecule has 4 nitrogen and oxygen atoms in total. The molecule has 0 spiro atoms. The molecule has 0 radical (unpaired) electrons. The Hall–Kier alpha value is -0.910. The van der Waals surface area contributed by atoms with Crippen molar-refractivity contribution >= 4 is 10.0 Å². The quantitative estimate of drug-likeness (QED) is 0.918. The third-order valence-electron chi connectivity index (χ3n) is 3.77. The summed E-state index contributed by atoms with van der Waals surface area (Å²) in [7, 11) is -3.39. The molecule has 0 bridgehead atoms. The minimum Gasteiger partial charge on any atom is -0.328 e. The predicted octanol–water partition coefficient (Wildman–Crippen LogP) is 1.75. The lowest BCUT2D eigenvalue weighted by Crippen LogP contribution is -2.48. The monoisotopic (exact) mass is 282 g/mol. The van der Waals surface area contributed by atoms with Crippen LogP contribution < -0.4 is 5.73 Å². The standard InChI is InChI=1S/C14H22N2O2S/c1-3-12-5-4-6-14(10-12)19(17,18)16-8-7-13(15)9-11(16)2/h4-6,10-11,13H,3,7-9,15H2,1-2H3/t11-,13+/m0/s1. The molecule has 19 heavy (non-hydrogen) atoms. The molecule has 1 fully saturated rings. The fraction of sp³-hybridized carbons (Fsp3) is 0.571. The van der Waals surface area contributed by atoms with Gasteiger partial charge in [0.1, 0.15) is 0 Å². The van der Waals surface area contributed by atoms with Gasteiger partial charge < -0.3 is 5.73 Å². The summed E-state index contributed by atoms with van der Waals surface area (Å²) in [4.78, 5) is 0.397. The van der Waals surface area contributed by atoms with Crippen molar-refractivity contribution < 1.29 is 8.42 Å². The first kappa shape index (κ1) is 14.5. The first-order valence-electron chi connectivity index (χ1n) is 6.81. The summed E-state index contributed by atoms with van der Waals surface area (Å²) in [5, 5.41) is 0. The van der Waals surface area contributed by atoms with Gasteiger partial charge in [0.25, 0.3) is 0 Å². The summed E-state index contributed by atoms with van der Waals surface area (Å²) < 4.78 is 26.9. The molecule has 1 aliphatic rings. The van der Waals surface area contributed by atoms with Crippen molar-refractivity contribution in [3.63, 3.8) is 0 Å². The van der Waals surface area contributed by atoms with E-state index >= 15 is 0 Å². The fourth-order valence-electron chi connectivity index (χ4n) is 2.61. The lowest BCUT2D eigenvalue weighted by Gasteiger charge is -2.35. The number of benzene rings is 1. The highest BCUT2D eigenvalue weighted by Gasteiger charge is 2.33. The number of piperidine rings is 1. The second-order valence-electron chi connectivity index (χ2n) is 5.25. The Morgan fingerprint density at radius 1 is 1.42 bits per heavy atom. The van der Waals surface area contributed by atoms with Crippen LogP contribution in [0.2, 0.25) is 0 Å². The molecule has 1 aromatic rings. The van der Waals surface area contributed by atoms with Gasteiger partial charge in [-0.2, -0.15) is 4.31 Å². The van der Waals surface area contributed by atoms with Gasteiger partial charge in [0.05, 0.1) is 4.90 Å². The van der Waals surface area contributed by atoms with Crippen molar-refractivity contribution in [3.05, 3.63) is 29.8 Å². The van der Waals surface area contributed by atoms with E-state index in [1.54, 1.807) is 16.4 Å². The fourth-order valence-corrected chi connectivity index (χ4v) is 4.33. The van der Waals surface area contributed by atoms with Crippen molar-refractivity contribution in [2.24, 2.45) is 5.73 Å². The molecule has 5 heteroatoms. The van der Waals surface area contributed by atoms with Crippen LogP contribution in [0.1, 0.15) is 32.3 Å². The summed E-state index contributed by atoms with van der Waals surface area (Å²) in [6, 6.07) is 7.30. The van der Waals surface area contributed by atoms with Crippen LogP contribution in [0.15, 0.2) is 29.2 Å². The minimum absolute atomic E-state index is 0.0287. The number of hydrogen-bond acceptors (Lipinski definition) is 3. The highest BCUT2D eigenvalue weighted by Crippen LogP contribution is 2.25. The maximum Gasteiger partial charge on any atom is 0.243 e. The van der Waals surface area contributed by atoms with E-state index in [-0.39, 0.29) is 12.1 Å². The molecule has 0 aliphatic carbocycles. The third kappa shape index (κ3) is 2.99. The number of nitrogens with zero attached hydrogens (tertiary/aromatic N) is 1. The normalized spacial score (nSPS) is 25.4. The SMILES string of the molecule is CCc1cccc(S(=O)(=O)N2CC[C@@H](N)C[C@@H]2C)c1. The van der Waals surface area contributed by atoms with Gasteiger partial charge in [-0.25, -0.2) is 8.42 Å². The Labute approximate surface area is 115 Å². The zero-order valence-electron chi connectivity index (χ0n) is 11.5. The van der Waals surface area contributed by atoms with E-state index in [9.17, 15) is 8.42 Å². The molecule has 1 aliphatic heterocycles. The average Bonchev–Trinajstić information content (AvgIpc) is 2.38. The molecule has 2 rings (SSSR count). The number of rotatable bonds is 3. The number of aryl methyl sites for hydroxylation is 1. The molecular formula is C14H22N2O2S. The first-order chi connectivity index (χ1) is 8.95. The van der Waals surface area contributed by atoms with E-state index < -0.39 is 10.0 Å². The Morgan fingerprint density at radius 2 is 2.16 bits per heavy atom. The van der Waals surface area contributed by atoms with E-state index in [1.807, 2.05) is 26.0 Å². The van der Waals surface area contributed by atoms with E-state index in [4.69, 9.17) is 5.73 Å². The zero-order chi connectivity index (χ0) is 14.0. The van der Waals surface area contributed by atoms with Crippen molar-refractivity contribution in [2.75, 3.05) is 6.54 Å². The van der Waals surface area contributed by atoms with Gasteiger partial charge in [-0.05, 0) is 43.9 Å². The molecule has 2 atom stereocenters. The van der Waals surface area contributed by atoms with E-state index in [0.29, 0.717) is 11.4 Å². The van der Waals surface area contributed by atoms with Gasteiger partial charge in [-0.1, -0.05) is 19.1 Å². The maximum absolute atomic E-state index is 12.7. The summed E-state index contributed by atoms with van der Waals surface area (Å²) in [5.74, 6) is 0. The molecule has 0 amide bonds. The van der Waals surface area contributed by atoms with E-state index in [1.165, 1.54) is 0 Å². The van der Waals surface area contributed by atoms with Gasteiger partial charge in [0, 0.05) is 18.6 Å². The van der Waals surface area contributed by atoms with Gasteiger partial charge in [-0.3, -0.25) is 0 Å². The van der Waals surface area contributed by atoms with Gasteiger partial charge in [-0.15, -0.1) is 0 Å². The second-order valence-corrected chi connectivity index (χ2v) is 7.14. The van der Waals surface area contributed by atoms with Crippen LogP contribution in [0.25, 0.3) is 0 Å². The van der Waals surface area contributed by atoms with Crippen LogP contribution in [0.5, 0.6) is 0 Å². The molecule has 0 aromatic heterocycles. The average molecular weight is 282 g/mol. The molecule has 0 unspecified atom stereocenters. The molecule has 1 aromatic carbocycles. The molecule has 0 saturated carbocycles. The van der Waals surface area contributed by atoms with Crippen LogP contribution in [0.4, 0.5) is 0 Å². The maximum atomic E-state index is 12.7. The van der Waals surface area contributed by atoms with Crippen LogP contribution in [0.3, 0.4) is 0 Å². The van der Waals surface area contributed by atoms with Crippen molar-refractivity contribution in [1.29, 1.82) is 0 Å². The van der Waals surface area contributed by atoms with E-state index in [2.05, 4.69) is 0 Å². The summed E-state index contributed by atoms with van der Waals surface area (Å²) in [5.41, 5.74) is 6.94. The summed E-state index contributed by atoms with van der Waals surface area (Å²) >= 11 is 0. The summed E-state index contributed by atoms with van der Waals surface area (Å²) in [6.07, 6.45) is 2.30. The van der Waals surface area contributed by atoms with Gasteiger partial charge in [0.2, 0.25) is 10.0 Å². The first-order valence-corrected chi connectivity index (χ1v) is 8.25. The van der Waals surface area contributed by atoms with Crippen LogP contribution in [0, 0.1) is 0 Å². The van der Waals surface area contributed by atoms with Gasteiger partial charge >= 0.3 is 0 Å². The molecule has 106 valence electrons. The number of sulfonamides is 1. The Bertz CT molecular complexity index is 542. The largest absolute Gasteiger partial charge is 0.328 e. The third-order valence-corrected chi connectivity index (χ3v) is 5.78.